The SMILES string of the molecule is C#Cc1ccccc1-c1c(F)c(F)c(F)c(F)c1F. The summed E-state index contributed by atoms with van der Waals surface area (Å²) in [6.07, 6.45) is 5.14. The molecule has 0 amide bonds. The minimum absolute atomic E-state index is 0.0331. The lowest BCUT2D eigenvalue weighted by Crippen LogP contribution is -2.04. The van der Waals surface area contributed by atoms with Gasteiger partial charge in [0, 0.05) is 11.1 Å². The van der Waals surface area contributed by atoms with Gasteiger partial charge in [0.05, 0.1) is 5.56 Å². The van der Waals surface area contributed by atoms with Crippen LogP contribution in [-0.4, -0.2) is 0 Å². The van der Waals surface area contributed by atoms with E-state index in [9.17, 15) is 22.0 Å². The molecule has 0 spiro atoms. The molecule has 0 atom stereocenters. The minimum Gasteiger partial charge on any atom is -0.203 e. The van der Waals surface area contributed by atoms with E-state index in [0.29, 0.717) is 0 Å². The van der Waals surface area contributed by atoms with Gasteiger partial charge < -0.3 is 0 Å². The van der Waals surface area contributed by atoms with Crippen molar-refractivity contribution in [2.45, 2.75) is 0 Å². The normalized spacial score (nSPS) is 10.3. The third-order valence-corrected chi connectivity index (χ3v) is 2.56. The minimum atomic E-state index is -2.20. The zero-order valence-electron chi connectivity index (χ0n) is 9.28. The fourth-order valence-electron chi connectivity index (χ4n) is 1.67. The van der Waals surface area contributed by atoms with Crippen LogP contribution in [0.4, 0.5) is 22.0 Å². The average molecular weight is 268 g/mol. The Morgan fingerprint density at radius 3 is 1.74 bits per heavy atom. The molecule has 0 saturated heterocycles. The molecule has 19 heavy (non-hydrogen) atoms. The van der Waals surface area contributed by atoms with E-state index in [0.717, 1.165) is 0 Å². The first-order valence-electron chi connectivity index (χ1n) is 5.06. The van der Waals surface area contributed by atoms with Crippen molar-refractivity contribution in [2.75, 3.05) is 0 Å². The van der Waals surface area contributed by atoms with Gasteiger partial charge in [0.25, 0.3) is 0 Å². The van der Waals surface area contributed by atoms with Crippen LogP contribution in [0.3, 0.4) is 0 Å². The lowest BCUT2D eigenvalue weighted by atomic mass is 9.98. The number of benzene rings is 2. The zero-order valence-corrected chi connectivity index (χ0v) is 9.28. The molecule has 0 heterocycles. The number of hydrogen-bond acceptors (Lipinski definition) is 0. The van der Waals surface area contributed by atoms with Crippen LogP contribution in [-0.2, 0) is 0 Å². The van der Waals surface area contributed by atoms with E-state index in [4.69, 9.17) is 6.42 Å². The van der Waals surface area contributed by atoms with Crippen LogP contribution in [0.5, 0.6) is 0 Å². The summed E-state index contributed by atoms with van der Waals surface area (Å²) in [6, 6.07) is 5.40. The van der Waals surface area contributed by atoms with Crippen molar-refractivity contribution in [3.8, 4) is 23.5 Å². The summed E-state index contributed by atoms with van der Waals surface area (Å²) < 4.78 is 66.4. The van der Waals surface area contributed by atoms with Gasteiger partial charge in [-0.15, -0.1) is 6.42 Å². The predicted octanol–water partition coefficient (Wildman–Crippen LogP) is 4.03. The lowest BCUT2D eigenvalue weighted by molar-refractivity contribution is 0.381. The molecule has 0 unspecified atom stereocenters. The van der Waals surface area contributed by atoms with Gasteiger partial charge in [0.1, 0.15) is 0 Å². The molecule has 5 heteroatoms. The van der Waals surface area contributed by atoms with Gasteiger partial charge in [-0.3, -0.25) is 0 Å². The summed E-state index contributed by atoms with van der Waals surface area (Å²) in [5.74, 6) is -7.87. The smallest absolute Gasteiger partial charge is 0.200 e. The van der Waals surface area contributed by atoms with Gasteiger partial charge in [0.2, 0.25) is 5.82 Å². The number of rotatable bonds is 1. The van der Waals surface area contributed by atoms with Crippen LogP contribution >= 0.6 is 0 Å². The molecule has 0 nitrogen and oxygen atoms in total. The maximum atomic E-state index is 13.6. The molecule has 2 rings (SSSR count). The van der Waals surface area contributed by atoms with Gasteiger partial charge >= 0.3 is 0 Å². The van der Waals surface area contributed by atoms with E-state index >= 15 is 0 Å². The first kappa shape index (κ1) is 13.1. The van der Waals surface area contributed by atoms with Crippen LogP contribution in [0.25, 0.3) is 11.1 Å². The highest BCUT2D eigenvalue weighted by Gasteiger charge is 2.27. The summed E-state index contributed by atoms with van der Waals surface area (Å²) in [5.41, 5.74) is -1.21. The third kappa shape index (κ3) is 1.95. The fraction of sp³-hybridized carbons (Fsp3) is 0. The molecular formula is C14H5F5. The van der Waals surface area contributed by atoms with Crippen molar-refractivity contribution in [3.63, 3.8) is 0 Å². The highest BCUT2D eigenvalue weighted by Crippen LogP contribution is 2.33. The molecule has 0 aliphatic carbocycles. The first-order valence-corrected chi connectivity index (χ1v) is 5.06. The Morgan fingerprint density at radius 1 is 0.737 bits per heavy atom. The van der Waals surface area contributed by atoms with E-state index in [2.05, 4.69) is 5.92 Å². The van der Waals surface area contributed by atoms with Gasteiger partial charge in [-0.05, 0) is 6.07 Å². The van der Waals surface area contributed by atoms with E-state index in [-0.39, 0.29) is 11.1 Å². The zero-order chi connectivity index (χ0) is 14.2. The van der Waals surface area contributed by atoms with Gasteiger partial charge in [0.15, 0.2) is 23.3 Å². The lowest BCUT2D eigenvalue weighted by Gasteiger charge is -2.10. The Kier molecular flexibility index (Phi) is 3.26. The molecule has 0 N–H and O–H groups in total. The Hall–Kier alpha value is -2.35. The maximum Gasteiger partial charge on any atom is 0.200 e. The second kappa shape index (κ2) is 4.73. The van der Waals surface area contributed by atoms with Crippen LogP contribution in [0.2, 0.25) is 0 Å². The van der Waals surface area contributed by atoms with Crippen molar-refractivity contribution >= 4 is 0 Å². The van der Waals surface area contributed by atoms with E-state index in [1.807, 2.05) is 0 Å². The molecule has 0 bridgehead atoms. The van der Waals surface area contributed by atoms with E-state index in [1.165, 1.54) is 24.3 Å². The van der Waals surface area contributed by atoms with Crippen molar-refractivity contribution < 1.29 is 22.0 Å². The topological polar surface area (TPSA) is 0 Å². The molecule has 2 aromatic rings. The molecule has 0 fully saturated rings. The summed E-state index contributed by atoms with van der Waals surface area (Å²) in [5, 5.41) is 0. The molecular weight excluding hydrogens is 263 g/mol. The Bertz CT molecular complexity index is 669. The molecule has 0 aliphatic heterocycles. The predicted molar refractivity (Wildman–Crippen MR) is 59.6 cm³/mol. The number of terminal acetylenes is 1. The Labute approximate surface area is 105 Å². The Balaban J connectivity index is 2.88. The second-order valence-electron chi connectivity index (χ2n) is 3.63. The number of halogens is 5. The molecule has 0 aliphatic rings. The Morgan fingerprint density at radius 2 is 1.21 bits per heavy atom. The molecule has 96 valence electrons. The molecule has 2 aromatic carbocycles. The van der Waals surface area contributed by atoms with Crippen LogP contribution in [0.1, 0.15) is 5.56 Å². The molecule has 0 saturated carbocycles. The number of hydrogen-bond donors (Lipinski definition) is 0. The van der Waals surface area contributed by atoms with Crippen LogP contribution < -0.4 is 0 Å². The monoisotopic (exact) mass is 268 g/mol. The van der Waals surface area contributed by atoms with E-state index in [1.54, 1.807) is 0 Å². The molecule has 0 radical (unpaired) electrons. The average Bonchev–Trinajstić information content (AvgIpc) is 2.44. The second-order valence-corrected chi connectivity index (χ2v) is 3.63. The summed E-state index contributed by atoms with van der Waals surface area (Å²) in [4.78, 5) is 0. The quantitative estimate of drug-likeness (QED) is 0.317. The van der Waals surface area contributed by atoms with Crippen molar-refractivity contribution in [1.82, 2.24) is 0 Å². The van der Waals surface area contributed by atoms with Crippen LogP contribution in [0, 0.1) is 41.4 Å². The van der Waals surface area contributed by atoms with Gasteiger partial charge in [-0.1, -0.05) is 24.1 Å². The fourth-order valence-corrected chi connectivity index (χ4v) is 1.67. The first-order chi connectivity index (χ1) is 8.99. The largest absolute Gasteiger partial charge is 0.203 e. The van der Waals surface area contributed by atoms with Gasteiger partial charge in [-0.25, -0.2) is 22.0 Å². The highest BCUT2D eigenvalue weighted by molar-refractivity contribution is 5.72. The summed E-state index contributed by atoms with van der Waals surface area (Å²) >= 11 is 0. The van der Waals surface area contributed by atoms with Crippen molar-refractivity contribution in [1.29, 1.82) is 0 Å². The van der Waals surface area contributed by atoms with Crippen molar-refractivity contribution in [3.05, 3.63) is 58.9 Å². The standard InChI is InChI=1S/C14H5F5/c1-2-7-5-3-4-6-8(7)9-10(15)12(17)14(19)13(18)11(9)16/h1,3-6H. The van der Waals surface area contributed by atoms with E-state index < -0.39 is 34.6 Å². The van der Waals surface area contributed by atoms with Gasteiger partial charge in [-0.2, -0.15) is 0 Å². The van der Waals surface area contributed by atoms with Crippen LogP contribution in [0.15, 0.2) is 24.3 Å². The molecule has 0 aromatic heterocycles. The highest BCUT2D eigenvalue weighted by atomic mass is 19.2. The summed E-state index contributed by atoms with van der Waals surface area (Å²) in [6.45, 7) is 0. The van der Waals surface area contributed by atoms with Crippen molar-refractivity contribution in [2.24, 2.45) is 0 Å². The summed E-state index contributed by atoms with van der Waals surface area (Å²) in [7, 11) is 0. The maximum absolute atomic E-state index is 13.6. The third-order valence-electron chi connectivity index (χ3n) is 2.56.